The van der Waals surface area contributed by atoms with Gasteiger partial charge in [0.25, 0.3) is 17.7 Å². The van der Waals surface area contributed by atoms with Crippen LogP contribution in [-0.4, -0.2) is 101 Å². The van der Waals surface area contributed by atoms with Gasteiger partial charge in [0.2, 0.25) is 5.91 Å². The molecular formula is C49H58F2N6O7Si. The Morgan fingerprint density at radius 3 is 2.45 bits per heavy atom. The van der Waals surface area contributed by atoms with Gasteiger partial charge < -0.3 is 19.7 Å². The van der Waals surface area contributed by atoms with Crippen molar-refractivity contribution in [2.75, 3.05) is 32.2 Å². The Morgan fingerprint density at radius 1 is 1.00 bits per heavy atom. The van der Waals surface area contributed by atoms with Crippen LogP contribution >= 0.6 is 0 Å². The molecule has 0 spiro atoms. The number of pyridine rings is 1. The maximum Gasteiger partial charge on any atom is 0.419 e. The second kappa shape index (κ2) is 19.4. The molecule has 344 valence electrons. The SMILES string of the molecule is CN1CCC[C@@H]1c1cc2cnc(NC(=O)c3cc(F)c(CCCCC#Cc4cccc5c4CN(C4CCC(=O)N(COCC[Si](C)(C)C)C4=O)C5=O)c(F)c3)cc2n1C(=O)OC(C)(C)C. The maximum atomic E-state index is 15.4. The molecule has 7 rings (SSSR count). The second-order valence-electron chi connectivity index (χ2n) is 19.4. The van der Waals surface area contributed by atoms with Crippen LogP contribution in [0.2, 0.25) is 25.7 Å². The Morgan fingerprint density at radius 2 is 1.75 bits per heavy atom. The number of hydrogen-bond acceptors (Lipinski definition) is 9. The molecule has 2 aromatic heterocycles. The Hall–Kier alpha value is -5.76. The average Bonchev–Trinajstić information content (AvgIpc) is 3.93. The molecule has 65 heavy (non-hydrogen) atoms. The number of ether oxygens (including phenoxy) is 2. The first-order valence-corrected chi connectivity index (χ1v) is 26.1. The molecule has 1 unspecified atom stereocenters. The van der Waals surface area contributed by atoms with Gasteiger partial charge in [0.15, 0.2) is 0 Å². The molecule has 16 heteroatoms. The van der Waals surface area contributed by atoms with Crippen molar-refractivity contribution in [3.05, 3.63) is 93.8 Å². The van der Waals surface area contributed by atoms with Crippen LogP contribution in [0.4, 0.5) is 19.4 Å². The first-order chi connectivity index (χ1) is 30.8. The number of likely N-dealkylation sites (tertiary alicyclic amines) is 2. The number of nitrogens with zero attached hydrogens (tertiary/aromatic N) is 5. The van der Waals surface area contributed by atoms with Crippen LogP contribution in [0.5, 0.6) is 0 Å². The highest BCUT2D eigenvalue weighted by Crippen LogP contribution is 2.36. The lowest BCUT2D eigenvalue weighted by atomic mass is 10.0. The molecule has 13 nitrogen and oxygen atoms in total. The molecule has 0 aliphatic carbocycles. The zero-order valence-corrected chi connectivity index (χ0v) is 39.3. The number of carbonyl (C=O) groups is 5. The minimum absolute atomic E-state index is 0.0133. The monoisotopic (exact) mass is 908 g/mol. The lowest BCUT2D eigenvalue weighted by Gasteiger charge is -2.35. The van der Waals surface area contributed by atoms with Gasteiger partial charge in [0.1, 0.15) is 35.8 Å². The Kier molecular flexibility index (Phi) is 14.1. The smallest absolute Gasteiger partial charge is 0.419 e. The summed E-state index contributed by atoms with van der Waals surface area (Å²) in [5, 5.41) is 3.31. The summed E-state index contributed by atoms with van der Waals surface area (Å²) in [6, 6.07) is 10.9. The van der Waals surface area contributed by atoms with Gasteiger partial charge in [-0.2, -0.15) is 0 Å². The van der Waals surface area contributed by atoms with E-state index < -0.39 is 49.3 Å². The minimum Gasteiger partial charge on any atom is -0.443 e. The summed E-state index contributed by atoms with van der Waals surface area (Å²) < 4.78 is 43.7. The standard InChI is InChI=1S/C49H58F2N6O7Si/c1-49(2,3)64-48(62)57-41-27-43(52-28-33(41)26-42(57)39-18-13-21-54(39)4)53-45(59)32-24-37(50)35(38(51)25-32)16-11-9-8-10-14-31-15-12-17-34-36(31)29-55(46(34)60)40-19-20-44(58)56(47(40)61)30-63-22-23-65(5,6)7/h12,15,17,24-28,39-40H,8-9,11,13,16,18-23,29-30H2,1-7H3,(H,52,53,59)/t39-,40?/m1/s1. The van der Waals surface area contributed by atoms with Crippen LogP contribution in [0, 0.1) is 23.5 Å². The molecule has 4 aromatic rings. The van der Waals surface area contributed by atoms with E-state index in [1.54, 1.807) is 45.2 Å². The van der Waals surface area contributed by atoms with Crippen LogP contribution < -0.4 is 5.32 Å². The molecule has 5 heterocycles. The maximum absolute atomic E-state index is 15.4. The molecule has 2 saturated heterocycles. The van der Waals surface area contributed by atoms with Gasteiger partial charge in [-0.15, -0.1) is 0 Å². The van der Waals surface area contributed by atoms with E-state index in [9.17, 15) is 24.0 Å². The molecule has 1 N–H and O–H groups in total. The predicted octanol–water partition coefficient (Wildman–Crippen LogP) is 8.67. The first kappa shape index (κ1) is 47.2. The third kappa shape index (κ3) is 10.9. The Bertz CT molecular complexity index is 2570. The van der Waals surface area contributed by atoms with Gasteiger partial charge in [-0.25, -0.2) is 23.1 Å². The van der Waals surface area contributed by atoms with Gasteiger partial charge >= 0.3 is 6.09 Å². The summed E-state index contributed by atoms with van der Waals surface area (Å²) in [6.07, 6.45) is 4.68. The number of hydrogen-bond donors (Lipinski definition) is 1. The van der Waals surface area contributed by atoms with E-state index >= 15 is 8.78 Å². The van der Waals surface area contributed by atoms with E-state index in [1.807, 2.05) is 19.2 Å². The topological polar surface area (TPSA) is 143 Å². The fourth-order valence-electron chi connectivity index (χ4n) is 8.57. The van der Waals surface area contributed by atoms with Gasteiger partial charge in [-0.1, -0.05) is 37.5 Å². The minimum atomic E-state index is -1.36. The summed E-state index contributed by atoms with van der Waals surface area (Å²) in [4.78, 5) is 75.7. The number of carbonyl (C=O) groups excluding carboxylic acids is 5. The van der Waals surface area contributed by atoms with E-state index in [0.717, 1.165) is 48.2 Å². The fourth-order valence-corrected chi connectivity index (χ4v) is 9.33. The normalized spacial score (nSPS) is 18.0. The van der Waals surface area contributed by atoms with Crippen molar-refractivity contribution in [1.82, 2.24) is 24.3 Å². The van der Waals surface area contributed by atoms with Crippen molar-refractivity contribution in [2.24, 2.45) is 0 Å². The highest BCUT2D eigenvalue weighted by Gasteiger charge is 2.43. The third-order valence-electron chi connectivity index (χ3n) is 12.1. The van der Waals surface area contributed by atoms with Crippen LogP contribution in [-0.2, 0) is 32.0 Å². The van der Waals surface area contributed by atoms with Crippen molar-refractivity contribution in [1.29, 1.82) is 0 Å². The number of amides is 4. The van der Waals surface area contributed by atoms with Crippen LogP contribution in [0.1, 0.15) is 115 Å². The van der Waals surface area contributed by atoms with Crippen molar-refractivity contribution in [3.8, 4) is 11.8 Å². The zero-order valence-electron chi connectivity index (χ0n) is 38.3. The van der Waals surface area contributed by atoms with Gasteiger partial charge in [0.05, 0.1) is 11.6 Å². The van der Waals surface area contributed by atoms with Crippen LogP contribution in [0.25, 0.3) is 10.9 Å². The molecule has 2 aromatic carbocycles. The number of rotatable bonds is 13. The molecule has 2 atom stereocenters. The number of nitrogens with one attached hydrogen (secondary N) is 1. The average molecular weight is 909 g/mol. The molecular weight excluding hydrogens is 851 g/mol. The molecule has 4 amide bonds. The molecule has 2 fully saturated rings. The molecule has 3 aliphatic heterocycles. The van der Waals surface area contributed by atoms with Crippen molar-refractivity contribution < 1.29 is 42.2 Å². The van der Waals surface area contributed by atoms with Crippen LogP contribution in [0.3, 0.4) is 0 Å². The number of halogens is 2. The zero-order chi connectivity index (χ0) is 46.8. The number of anilines is 1. The van der Waals surface area contributed by atoms with Crippen molar-refractivity contribution >= 4 is 54.5 Å². The van der Waals surface area contributed by atoms with E-state index in [4.69, 9.17) is 9.47 Å². The number of unbranched alkanes of at least 4 members (excludes halogenated alkanes) is 2. The molecule has 0 saturated carbocycles. The number of imide groups is 1. The summed E-state index contributed by atoms with van der Waals surface area (Å²) in [5.41, 5.74) is 1.98. The number of aromatic nitrogens is 2. The predicted molar refractivity (Wildman–Crippen MR) is 245 cm³/mol. The van der Waals surface area contributed by atoms with Crippen LogP contribution in [0.15, 0.2) is 48.7 Å². The van der Waals surface area contributed by atoms with Gasteiger partial charge in [-0.05, 0) is 115 Å². The molecule has 0 bridgehead atoms. The summed E-state index contributed by atoms with van der Waals surface area (Å²) in [6.45, 7) is 13.4. The number of piperidine rings is 1. The Balaban J connectivity index is 0.946. The molecule has 3 aliphatic rings. The van der Waals surface area contributed by atoms with E-state index in [0.29, 0.717) is 53.5 Å². The summed E-state index contributed by atoms with van der Waals surface area (Å²) >= 11 is 0. The summed E-state index contributed by atoms with van der Waals surface area (Å²) in [7, 11) is 0.649. The fraction of sp³-hybridized carbons (Fsp3) is 0.469. The number of benzene rings is 2. The first-order valence-electron chi connectivity index (χ1n) is 22.4. The van der Waals surface area contributed by atoms with E-state index in [1.165, 1.54) is 9.47 Å². The Labute approximate surface area is 379 Å². The van der Waals surface area contributed by atoms with Crippen molar-refractivity contribution in [3.63, 3.8) is 0 Å². The van der Waals surface area contributed by atoms with Gasteiger partial charge in [0, 0.05) is 79.7 Å². The largest absolute Gasteiger partial charge is 0.443 e. The lowest BCUT2D eigenvalue weighted by molar-refractivity contribution is -0.158. The summed E-state index contributed by atoms with van der Waals surface area (Å²) in [5.74, 6) is 2.89. The third-order valence-corrected chi connectivity index (χ3v) is 13.8. The number of fused-ring (bicyclic) bond motifs is 2. The van der Waals surface area contributed by atoms with Crippen molar-refractivity contribution in [2.45, 2.75) is 122 Å². The quantitative estimate of drug-likeness (QED) is 0.0604. The van der Waals surface area contributed by atoms with E-state index in [-0.39, 0.29) is 67.3 Å². The second-order valence-corrected chi connectivity index (χ2v) is 25.0. The van der Waals surface area contributed by atoms with Gasteiger partial charge in [-0.3, -0.25) is 29.0 Å². The van der Waals surface area contributed by atoms with E-state index in [2.05, 4.69) is 46.7 Å². The highest BCUT2D eigenvalue weighted by molar-refractivity contribution is 6.76. The molecule has 0 radical (unpaired) electrons. The lowest BCUT2D eigenvalue weighted by Crippen LogP contribution is -2.55. The highest BCUT2D eigenvalue weighted by atomic mass is 28.3.